The van der Waals surface area contributed by atoms with Crippen molar-refractivity contribution in [3.8, 4) is 0 Å². The quantitative estimate of drug-likeness (QED) is 0.648. The molecule has 1 aromatic heterocycles. The van der Waals surface area contributed by atoms with Crippen LogP contribution in [0.2, 0.25) is 0 Å². The largest absolute Gasteiger partial charge is 0.387 e. The van der Waals surface area contributed by atoms with Crippen LogP contribution in [-0.4, -0.2) is 46.2 Å². The molecule has 1 fully saturated rings. The molecular weight excluding hydrogens is 294 g/mol. The first-order chi connectivity index (χ1) is 11.1. The zero-order valence-electron chi connectivity index (χ0n) is 12.6. The summed E-state index contributed by atoms with van der Waals surface area (Å²) in [6.07, 6.45) is 3.55. The number of carbonyl (C=O) groups excluding carboxylic acids is 1. The lowest BCUT2D eigenvalue weighted by Crippen LogP contribution is -2.44. The standard InChI is InChI=1S/C16H19N5O2/c22-14(20-11-16(23)6-7-17-10-16)12-8-18-15(19-9-12)21-13-4-2-1-3-5-13/h1-5,8-9,17,23H,6-7,10-11H2,(H,20,22)(H,18,19,21)/t16-/m0/s1. The summed E-state index contributed by atoms with van der Waals surface area (Å²) in [5.74, 6) is 0.128. The van der Waals surface area contributed by atoms with Gasteiger partial charge in [-0.1, -0.05) is 18.2 Å². The number of aromatic nitrogens is 2. The van der Waals surface area contributed by atoms with Crippen molar-refractivity contribution in [2.45, 2.75) is 12.0 Å². The number of β-amino-alcohol motifs (C(OH)–C–C–N with tert-alkyl or cyclic N) is 1. The maximum atomic E-state index is 12.1. The highest BCUT2D eigenvalue weighted by molar-refractivity contribution is 5.93. The molecule has 2 heterocycles. The van der Waals surface area contributed by atoms with Crippen molar-refractivity contribution in [1.29, 1.82) is 0 Å². The molecule has 1 amide bonds. The van der Waals surface area contributed by atoms with E-state index in [2.05, 4.69) is 25.9 Å². The third-order valence-corrected chi connectivity index (χ3v) is 3.74. The number of nitrogens with one attached hydrogen (secondary N) is 3. The molecule has 4 N–H and O–H groups in total. The summed E-state index contributed by atoms with van der Waals surface area (Å²) in [5.41, 5.74) is 0.365. The minimum Gasteiger partial charge on any atom is -0.387 e. The van der Waals surface area contributed by atoms with Gasteiger partial charge in [0.1, 0.15) is 0 Å². The molecule has 1 atom stereocenters. The van der Waals surface area contributed by atoms with Gasteiger partial charge in [0.05, 0.1) is 11.2 Å². The predicted octanol–water partition coefficient (Wildman–Crippen LogP) is 0.674. The molecule has 7 nitrogen and oxygen atoms in total. The van der Waals surface area contributed by atoms with Crippen LogP contribution in [0.5, 0.6) is 0 Å². The first-order valence-corrected chi connectivity index (χ1v) is 7.50. The Bertz CT molecular complexity index is 654. The lowest BCUT2D eigenvalue weighted by Gasteiger charge is -2.21. The molecule has 7 heteroatoms. The number of nitrogens with zero attached hydrogens (tertiary/aromatic N) is 2. The third kappa shape index (κ3) is 4.02. The molecule has 0 aliphatic carbocycles. The fourth-order valence-electron chi connectivity index (χ4n) is 2.39. The Morgan fingerprint density at radius 2 is 2.00 bits per heavy atom. The highest BCUT2D eigenvalue weighted by Gasteiger charge is 2.31. The van der Waals surface area contributed by atoms with Crippen LogP contribution in [0.3, 0.4) is 0 Å². The average Bonchev–Trinajstić information content (AvgIpc) is 3.01. The fourth-order valence-corrected chi connectivity index (χ4v) is 2.39. The van der Waals surface area contributed by atoms with Gasteiger partial charge in [0.25, 0.3) is 5.91 Å². The van der Waals surface area contributed by atoms with E-state index in [0.29, 0.717) is 24.5 Å². The van der Waals surface area contributed by atoms with Crippen molar-refractivity contribution in [3.63, 3.8) is 0 Å². The Morgan fingerprint density at radius 3 is 2.65 bits per heavy atom. The summed E-state index contributed by atoms with van der Waals surface area (Å²) in [6.45, 7) is 1.46. The highest BCUT2D eigenvalue weighted by atomic mass is 16.3. The minimum absolute atomic E-state index is 0.211. The number of amides is 1. The Hall–Kier alpha value is -2.51. The zero-order valence-corrected chi connectivity index (χ0v) is 12.6. The number of anilines is 2. The van der Waals surface area contributed by atoms with Gasteiger partial charge in [-0.3, -0.25) is 4.79 Å². The molecule has 0 radical (unpaired) electrons. The number of rotatable bonds is 5. The summed E-state index contributed by atoms with van der Waals surface area (Å²) < 4.78 is 0. The Balaban J connectivity index is 1.57. The molecule has 0 unspecified atom stereocenters. The number of hydrogen-bond donors (Lipinski definition) is 4. The van der Waals surface area contributed by atoms with E-state index in [9.17, 15) is 9.90 Å². The van der Waals surface area contributed by atoms with Crippen LogP contribution in [0.15, 0.2) is 42.7 Å². The Morgan fingerprint density at radius 1 is 1.26 bits per heavy atom. The maximum absolute atomic E-state index is 12.1. The SMILES string of the molecule is O=C(NC[C@]1(O)CCNC1)c1cnc(Nc2ccccc2)nc1. The molecule has 23 heavy (non-hydrogen) atoms. The van der Waals surface area contributed by atoms with E-state index in [-0.39, 0.29) is 12.5 Å². The zero-order chi connectivity index (χ0) is 16.1. The van der Waals surface area contributed by atoms with E-state index >= 15 is 0 Å². The van der Waals surface area contributed by atoms with E-state index in [1.807, 2.05) is 30.3 Å². The number of hydrogen-bond acceptors (Lipinski definition) is 6. The van der Waals surface area contributed by atoms with Gasteiger partial charge < -0.3 is 21.1 Å². The summed E-state index contributed by atoms with van der Waals surface area (Å²) in [4.78, 5) is 20.3. The molecule has 120 valence electrons. The van der Waals surface area contributed by atoms with Crippen molar-refractivity contribution in [3.05, 3.63) is 48.3 Å². The van der Waals surface area contributed by atoms with Crippen LogP contribution in [0.25, 0.3) is 0 Å². The van der Waals surface area contributed by atoms with E-state index in [1.165, 1.54) is 12.4 Å². The second kappa shape index (κ2) is 6.72. The van der Waals surface area contributed by atoms with Crippen molar-refractivity contribution in [1.82, 2.24) is 20.6 Å². The van der Waals surface area contributed by atoms with Crippen LogP contribution in [0, 0.1) is 0 Å². The smallest absolute Gasteiger partial charge is 0.254 e. The van der Waals surface area contributed by atoms with Crippen molar-refractivity contribution in [2.75, 3.05) is 25.0 Å². The maximum Gasteiger partial charge on any atom is 0.254 e. The van der Waals surface area contributed by atoms with E-state index in [4.69, 9.17) is 0 Å². The summed E-state index contributed by atoms with van der Waals surface area (Å²) in [7, 11) is 0. The minimum atomic E-state index is -0.870. The molecule has 0 saturated carbocycles. The van der Waals surface area contributed by atoms with Gasteiger partial charge in [0, 0.05) is 31.2 Å². The van der Waals surface area contributed by atoms with Crippen LogP contribution in [0.4, 0.5) is 11.6 Å². The molecular formula is C16H19N5O2. The van der Waals surface area contributed by atoms with Crippen LogP contribution in [0.1, 0.15) is 16.8 Å². The second-order valence-corrected chi connectivity index (χ2v) is 5.62. The molecule has 0 bridgehead atoms. The van der Waals surface area contributed by atoms with E-state index < -0.39 is 5.60 Å². The first-order valence-electron chi connectivity index (χ1n) is 7.50. The van der Waals surface area contributed by atoms with Gasteiger partial charge in [-0.2, -0.15) is 0 Å². The molecule has 3 rings (SSSR count). The van der Waals surface area contributed by atoms with Crippen molar-refractivity contribution >= 4 is 17.5 Å². The van der Waals surface area contributed by atoms with E-state index in [0.717, 1.165) is 12.2 Å². The normalized spacial score (nSPS) is 20.2. The summed E-state index contributed by atoms with van der Waals surface area (Å²) >= 11 is 0. The van der Waals surface area contributed by atoms with Crippen molar-refractivity contribution in [2.24, 2.45) is 0 Å². The van der Waals surface area contributed by atoms with Gasteiger partial charge >= 0.3 is 0 Å². The predicted molar refractivity (Wildman–Crippen MR) is 86.5 cm³/mol. The average molecular weight is 313 g/mol. The Kier molecular flexibility index (Phi) is 4.50. The highest BCUT2D eigenvalue weighted by Crippen LogP contribution is 2.13. The lowest BCUT2D eigenvalue weighted by atomic mass is 10.0. The fraction of sp³-hybridized carbons (Fsp3) is 0.312. The van der Waals surface area contributed by atoms with Gasteiger partial charge in [0.2, 0.25) is 5.95 Å². The van der Waals surface area contributed by atoms with Crippen LogP contribution < -0.4 is 16.0 Å². The monoisotopic (exact) mass is 313 g/mol. The number of aliphatic hydroxyl groups is 1. The van der Waals surface area contributed by atoms with Crippen LogP contribution >= 0.6 is 0 Å². The number of carbonyl (C=O) groups is 1. The van der Waals surface area contributed by atoms with Gasteiger partial charge in [-0.25, -0.2) is 9.97 Å². The third-order valence-electron chi connectivity index (χ3n) is 3.74. The van der Waals surface area contributed by atoms with Gasteiger partial charge in [-0.05, 0) is 25.1 Å². The number of benzene rings is 1. The molecule has 1 aromatic carbocycles. The molecule has 1 aliphatic rings. The summed E-state index contributed by atoms with van der Waals surface area (Å²) in [6, 6.07) is 9.55. The topological polar surface area (TPSA) is 99.2 Å². The van der Waals surface area contributed by atoms with Gasteiger partial charge in [0.15, 0.2) is 0 Å². The number of para-hydroxylation sites is 1. The molecule has 2 aromatic rings. The molecule has 0 spiro atoms. The van der Waals surface area contributed by atoms with Crippen LogP contribution in [-0.2, 0) is 0 Å². The molecule has 1 saturated heterocycles. The van der Waals surface area contributed by atoms with E-state index in [1.54, 1.807) is 0 Å². The van der Waals surface area contributed by atoms with Crippen molar-refractivity contribution < 1.29 is 9.90 Å². The first kappa shape index (κ1) is 15.4. The molecule has 1 aliphatic heterocycles. The lowest BCUT2D eigenvalue weighted by molar-refractivity contribution is 0.0561. The Labute approximate surface area is 134 Å². The second-order valence-electron chi connectivity index (χ2n) is 5.62. The van der Waals surface area contributed by atoms with Gasteiger partial charge in [-0.15, -0.1) is 0 Å². The summed E-state index contributed by atoms with van der Waals surface area (Å²) in [5, 5.41) is 19.0.